The monoisotopic (exact) mass is 606 g/mol. The number of hydrogen-bond acceptors (Lipinski definition) is 6. The number of benzene rings is 3. The van der Waals surface area contributed by atoms with Crippen LogP contribution in [0, 0.1) is 5.41 Å². The van der Waals surface area contributed by atoms with E-state index in [2.05, 4.69) is 15.4 Å². The van der Waals surface area contributed by atoms with Gasteiger partial charge in [-0.25, -0.2) is 13.1 Å². The van der Waals surface area contributed by atoms with Crippen molar-refractivity contribution in [3.8, 4) is 0 Å². The van der Waals surface area contributed by atoms with Crippen LogP contribution in [-0.2, 0) is 31.0 Å². The van der Waals surface area contributed by atoms with E-state index < -0.39 is 45.7 Å². The topological polar surface area (TPSA) is 197 Å². The van der Waals surface area contributed by atoms with Gasteiger partial charge in [-0.3, -0.25) is 19.8 Å². The number of amidine groups is 1. The third-order valence-electron chi connectivity index (χ3n) is 6.76. The minimum Gasteiger partial charge on any atom is -0.384 e. The van der Waals surface area contributed by atoms with Crippen LogP contribution in [0.25, 0.3) is 0 Å². The maximum absolute atomic E-state index is 14.0. The molecule has 2 atom stereocenters. The van der Waals surface area contributed by atoms with Gasteiger partial charge in [-0.05, 0) is 29.5 Å². The summed E-state index contributed by atoms with van der Waals surface area (Å²) in [5.74, 6) is -2.96. The molecule has 0 saturated heterocycles. The second-order valence-electron chi connectivity index (χ2n) is 10.1. The summed E-state index contributed by atoms with van der Waals surface area (Å²) in [4.78, 5) is 38.9. The molecule has 0 aromatic heterocycles. The lowest BCUT2D eigenvalue weighted by Crippen LogP contribution is -2.56. The summed E-state index contributed by atoms with van der Waals surface area (Å²) < 4.78 is 28.6. The van der Waals surface area contributed by atoms with Crippen LogP contribution in [0.3, 0.4) is 0 Å². The molecular formula is C31H38N6O5S. The third-order valence-corrected chi connectivity index (χ3v) is 8.32. The van der Waals surface area contributed by atoms with E-state index in [-0.39, 0.29) is 31.0 Å². The molecular weight excluding hydrogens is 568 g/mol. The van der Waals surface area contributed by atoms with Crippen molar-refractivity contribution < 1.29 is 22.8 Å². The molecule has 8 N–H and O–H groups in total. The van der Waals surface area contributed by atoms with E-state index in [9.17, 15) is 22.8 Å². The predicted octanol–water partition coefficient (Wildman–Crippen LogP) is 1.87. The number of hydrogen-bond donors (Lipinski definition) is 6. The summed E-state index contributed by atoms with van der Waals surface area (Å²) in [5.41, 5.74) is 13.5. The average molecular weight is 607 g/mol. The Labute approximate surface area is 252 Å². The highest BCUT2D eigenvalue weighted by Gasteiger charge is 2.36. The molecule has 11 nitrogen and oxygen atoms in total. The summed E-state index contributed by atoms with van der Waals surface area (Å²) in [6.45, 7) is 1.82. The van der Waals surface area contributed by atoms with Gasteiger partial charge in [0.05, 0.1) is 5.75 Å². The smallest absolute Gasteiger partial charge is 0.242 e. The molecule has 3 amide bonds. The Morgan fingerprint density at radius 3 is 1.88 bits per heavy atom. The highest BCUT2D eigenvalue weighted by atomic mass is 32.2. The van der Waals surface area contributed by atoms with Crippen LogP contribution in [-0.4, -0.2) is 49.8 Å². The Morgan fingerprint density at radius 2 is 1.40 bits per heavy atom. The lowest BCUT2D eigenvalue weighted by molar-refractivity contribution is -0.130. The first kappa shape index (κ1) is 33.0. The second-order valence-corrected chi connectivity index (χ2v) is 12.0. The van der Waals surface area contributed by atoms with Crippen LogP contribution in [0.2, 0.25) is 0 Å². The normalized spacial score (nSPS) is 12.7. The Hall–Kier alpha value is -4.55. The van der Waals surface area contributed by atoms with Gasteiger partial charge in [0.1, 0.15) is 17.9 Å². The number of carbonyl (C=O) groups is 3. The Kier molecular flexibility index (Phi) is 12.0. The number of sulfonamides is 1. The molecule has 43 heavy (non-hydrogen) atoms. The Morgan fingerprint density at radius 1 is 0.837 bits per heavy atom. The quantitative estimate of drug-likeness (QED) is 0.106. The van der Waals surface area contributed by atoms with Gasteiger partial charge in [-0.15, -0.1) is 0 Å². The van der Waals surface area contributed by atoms with Crippen LogP contribution < -0.4 is 26.8 Å². The fourth-order valence-corrected chi connectivity index (χ4v) is 5.91. The Bertz CT molecular complexity index is 1460. The summed E-state index contributed by atoms with van der Waals surface area (Å²) in [6.07, 6.45) is 0.0622. The van der Waals surface area contributed by atoms with Crippen molar-refractivity contribution in [2.75, 3.05) is 5.75 Å². The van der Waals surface area contributed by atoms with Gasteiger partial charge in [0, 0.05) is 24.4 Å². The van der Waals surface area contributed by atoms with Crippen molar-refractivity contribution in [1.29, 1.82) is 5.41 Å². The predicted molar refractivity (Wildman–Crippen MR) is 165 cm³/mol. The zero-order chi connectivity index (χ0) is 31.4. The molecule has 0 radical (unpaired) electrons. The lowest BCUT2D eigenvalue weighted by Gasteiger charge is -2.29. The van der Waals surface area contributed by atoms with Gasteiger partial charge in [0.15, 0.2) is 0 Å². The highest BCUT2D eigenvalue weighted by molar-refractivity contribution is 7.89. The SMILES string of the molecule is CCCS(=O)(=O)NC(C(=O)NC(CCC(N)=O)C(=O)NCc1ccc(C(=N)N)cc1)C(c1ccccc1)c1ccccc1. The molecule has 2 unspecified atom stereocenters. The molecule has 3 rings (SSSR count). The van der Waals surface area contributed by atoms with Crippen LogP contribution in [0.4, 0.5) is 0 Å². The number of nitrogens with two attached hydrogens (primary N) is 2. The van der Waals surface area contributed by atoms with E-state index in [0.29, 0.717) is 23.1 Å². The van der Waals surface area contributed by atoms with Crippen molar-refractivity contribution in [3.63, 3.8) is 0 Å². The number of rotatable bonds is 16. The maximum atomic E-state index is 14.0. The van der Waals surface area contributed by atoms with Gasteiger partial charge >= 0.3 is 0 Å². The average Bonchev–Trinajstić information content (AvgIpc) is 2.98. The molecule has 0 fully saturated rings. The molecule has 0 aliphatic carbocycles. The largest absolute Gasteiger partial charge is 0.384 e. The molecule has 228 valence electrons. The molecule has 12 heteroatoms. The van der Waals surface area contributed by atoms with E-state index in [1.165, 1.54) is 0 Å². The zero-order valence-corrected chi connectivity index (χ0v) is 24.8. The molecule has 3 aromatic carbocycles. The second kappa shape index (κ2) is 15.6. The van der Waals surface area contributed by atoms with E-state index in [1.54, 1.807) is 79.7 Å². The van der Waals surface area contributed by atoms with Crippen LogP contribution in [0.5, 0.6) is 0 Å². The number of nitrogen functional groups attached to an aromatic ring is 1. The van der Waals surface area contributed by atoms with Gasteiger partial charge in [0.25, 0.3) is 0 Å². The van der Waals surface area contributed by atoms with Crippen molar-refractivity contribution >= 4 is 33.6 Å². The zero-order valence-electron chi connectivity index (χ0n) is 24.0. The van der Waals surface area contributed by atoms with Gasteiger partial charge in [-0.1, -0.05) is 91.9 Å². The summed E-state index contributed by atoms with van der Waals surface area (Å²) in [6, 6.07) is 22.3. The molecule has 0 heterocycles. The number of nitrogens with one attached hydrogen (secondary N) is 4. The molecule has 0 aliphatic heterocycles. The first-order chi connectivity index (χ1) is 20.5. The fourth-order valence-electron chi connectivity index (χ4n) is 4.62. The van der Waals surface area contributed by atoms with Crippen molar-refractivity contribution in [2.24, 2.45) is 11.5 Å². The first-order valence-corrected chi connectivity index (χ1v) is 15.6. The lowest BCUT2D eigenvalue weighted by atomic mass is 9.85. The van der Waals surface area contributed by atoms with E-state index in [0.717, 1.165) is 5.56 Å². The number of primary amides is 1. The molecule has 0 spiro atoms. The van der Waals surface area contributed by atoms with E-state index in [4.69, 9.17) is 16.9 Å². The molecule has 0 bridgehead atoms. The van der Waals surface area contributed by atoms with Gasteiger partial charge < -0.3 is 22.1 Å². The van der Waals surface area contributed by atoms with Crippen LogP contribution in [0.15, 0.2) is 84.9 Å². The molecule has 0 saturated carbocycles. The Balaban J connectivity index is 1.93. The van der Waals surface area contributed by atoms with Crippen molar-refractivity contribution in [3.05, 3.63) is 107 Å². The first-order valence-electron chi connectivity index (χ1n) is 13.9. The molecule has 3 aromatic rings. The highest BCUT2D eigenvalue weighted by Crippen LogP contribution is 2.29. The van der Waals surface area contributed by atoms with Crippen LogP contribution in [0.1, 0.15) is 54.4 Å². The summed E-state index contributed by atoms with van der Waals surface area (Å²) in [5, 5.41) is 13.0. The summed E-state index contributed by atoms with van der Waals surface area (Å²) in [7, 11) is -3.88. The molecule has 0 aliphatic rings. The number of carbonyl (C=O) groups excluding carboxylic acids is 3. The maximum Gasteiger partial charge on any atom is 0.242 e. The minimum absolute atomic E-state index is 0.0850. The standard InChI is InChI=1S/C31H38N6O5S/c1-2-19-43(41,42)37-28(27(22-9-5-3-6-10-22)23-11-7-4-8-12-23)31(40)36-25(17-18-26(32)38)30(39)35-20-21-13-15-24(16-14-21)29(33)34/h3-16,25,27-28,37H,2,17-20H2,1H3,(H2,32,38)(H3,33,34)(H,35,39)(H,36,40). The number of amides is 3. The summed E-state index contributed by atoms with van der Waals surface area (Å²) >= 11 is 0. The van der Waals surface area contributed by atoms with Crippen molar-refractivity contribution in [2.45, 2.75) is 50.7 Å². The van der Waals surface area contributed by atoms with E-state index >= 15 is 0 Å². The fraction of sp³-hybridized carbons (Fsp3) is 0.290. The third kappa shape index (κ3) is 10.0. The minimum atomic E-state index is -3.88. The van der Waals surface area contributed by atoms with Crippen LogP contribution >= 0.6 is 0 Å². The van der Waals surface area contributed by atoms with E-state index in [1.807, 2.05) is 12.1 Å². The van der Waals surface area contributed by atoms with Crippen molar-refractivity contribution in [1.82, 2.24) is 15.4 Å². The van der Waals surface area contributed by atoms with Gasteiger partial charge in [0.2, 0.25) is 27.7 Å². The van der Waals surface area contributed by atoms with Gasteiger partial charge in [-0.2, -0.15) is 0 Å².